The maximum atomic E-state index is 13.1. The zero-order valence-corrected chi connectivity index (χ0v) is 15.3. The van der Waals surface area contributed by atoms with Gasteiger partial charge < -0.3 is 15.2 Å². The van der Waals surface area contributed by atoms with Gasteiger partial charge in [0.2, 0.25) is 5.95 Å². The van der Waals surface area contributed by atoms with E-state index in [1.165, 1.54) is 0 Å². The van der Waals surface area contributed by atoms with Gasteiger partial charge in [-0.15, -0.1) is 0 Å². The molecule has 0 aliphatic carbocycles. The van der Waals surface area contributed by atoms with Gasteiger partial charge in [0.05, 0.1) is 17.4 Å². The average molecular weight is 392 g/mol. The smallest absolute Gasteiger partial charge is 0.370 e. The average Bonchev–Trinajstić information content (AvgIpc) is 3.29. The number of aromatic nitrogens is 6. The number of alkyl halides is 3. The Balaban J connectivity index is 1.55. The molecule has 0 saturated heterocycles. The van der Waals surface area contributed by atoms with Crippen molar-refractivity contribution < 1.29 is 13.2 Å². The van der Waals surface area contributed by atoms with Gasteiger partial charge in [-0.05, 0) is 13.8 Å². The van der Waals surface area contributed by atoms with Crippen molar-refractivity contribution in [2.45, 2.75) is 39.0 Å². The van der Waals surface area contributed by atoms with Gasteiger partial charge in [-0.3, -0.25) is 4.68 Å². The summed E-state index contributed by atoms with van der Waals surface area (Å²) in [4.78, 5) is 12.1. The van der Waals surface area contributed by atoms with E-state index in [0.717, 1.165) is 25.0 Å². The number of imidazole rings is 1. The topological polar surface area (TPSA) is 85.5 Å². The number of hydrogen-bond acceptors (Lipinski definition) is 6. The first-order valence-corrected chi connectivity index (χ1v) is 8.86. The summed E-state index contributed by atoms with van der Waals surface area (Å²) in [5.74, 6) is 0.832. The fourth-order valence-corrected chi connectivity index (χ4v) is 3.24. The highest BCUT2D eigenvalue weighted by Crippen LogP contribution is 2.34. The Morgan fingerprint density at radius 1 is 1.29 bits per heavy atom. The predicted octanol–water partition coefficient (Wildman–Crippen LogP) is 3.17. The van der Waals surface area contributed by atoms with E-state index in [9.17, 15) is 13.2 Å². The second-order valence-electron chi connectivity index (χ2n) is 6.57. The third kappa shape index (κ3) is 3.39. The lowest BCUT2D eigenvalue weighted by Gasteiger charge is -2.13. The molecule has 0 amide bonds. The van der Waals surface area contributed by atoms with Gasteiger partial charge in [0.15, 0.2) is 0 Å². The lowest BCUT2D eigenvalue weighted by Crippen LogP contribution is -2.14. The lowest BCUT2D eigenvalue weighted by atomic mass is 10.2. The number of fused-ring (bicyclic) bond motifs is 1. The van der Waals surface area contributed by atoms with E-state index in [-0.39, 0.29) is 17.8 Å². The van der Waals surface area contributed by atoms with Crippen LogP contribution in [0.25, 0.3) is 0 Å². The number of hydrogen-bond donors (Lipinski definition) is 2. The van der Waals surface area contributed by atoms with Gasteiger partial charge in [0.1, 0.15) is 17.2 Å². The molecule has 4 heterocycles. The molecule has 4 rings (SSSR count). The van der Waals surface area contributed by atoms with Crippen LogP contribution in [0.15, 0.2) is 24.8 Å². The quantitative estimate of drug-likeness (QED) is 0.694. The molecule has 0 spiro atoms. The third-order valence-corrected chi connectivity index (χ3v) is 4.60. The molecule has 1 atom stereocenters. The van der Waals surface area contributed by atoms with Crippen LogP contribution < -0.4 is 10.6 Å². The molecule has 0 unspecified atom stereocenters. The maximum Gasteiger partial charge on any atom is 0.421 e. The second kappa shape index (κ2) is 6.80. The summed E-state index contributed by atoms with van der Waals surface area (Å²) in [6.45, 7) is 4.61. The molecule has 3 aromatic rings. The van der Waals surface area contributed by atoms with Crippen LogP contribution in [-0.4, -0.2) is 35.8 Å². The largest absolute Gasteiger partial charge is 0.421 e. The Bertz CT molecular complexity index is 970. The minimum absolute atomic E-state index is 0.0750. The van der Waals surface area contributed by atoms with Crippen molar-refractivity contribution in [3.63, 3.8) is 0 Å². The third-order valence-electron chi connectivity index (χ3n) is 4.60. The van der Waals surface area contributed by atoms with E-state index < -0.39 is 11.7 Å². The van der Waals surface area contributed by atoms with Gasteiger partial charge in [-0.25, -0.2) is 9.97 Å². The molecule has 0 bridgehead atoms. The number of nitrogens with zero attached hydrogens (tertiary/aromatic N) is 6. The summed E-state index contributed by atoms with van der Waals surface area (Å²) in [5.41, 5.74) is 0.456. The molecule has 3 aromatic heterocycles. The fraction of sp³-hybridized carbons (Fsp3) is 0.412. The van der Waals surface area contributed by atoms with Gasteiger partial charge in [0, 0.05) is 44.3 Å². The fourth-order valence-electron chi connectivity index (χ4n) is 3.24. The van der Waals surface area contributed by atoms with Gasteiger partial charge in [-0.1, -0.05) is 0 Å². The van der Waals surface area contributed by atoms with Crippen molar-refractivity contribution in [2.24, 2.45) is 0 Å². The molecule has 0 aromatic carbocycles. The van der Waals surface area contributed by atoms with Crippen LogP contribution in [0.4, 0.5) is 30.6 Å². The molecular weight excluding hydrogens is 373 g/mol. The molecule has 2 N–H and O–H groups in total. The van der Waals surface area contributed by atoms with E-state index >= 15 is 0 Å². The highest BCUT2D eigenvalue weighted by Gasteiger charge is 2.35. The summed E-state index contributed by atoms with van der Waals surface area (Å²) in [6, 6.07) is 0.142. The Labute approximate surface area is 158 Å². The van der Waals surface area contributed by atoms with Crippen LogP contribution in [0.1, 0.15) is 30.0 Å². The Kier molecular flexibility index (Phi) is 4.44. The summed E-state index contributed by atoms with van der Waals surface area (Å²) in [7, 11) is 0. The molecule has 0 fully saturated rings. The molecule has 11 heteroatoms. The normalized spacial score (nSPS) is 16.2. The Hall–Kier alpha value is -3.11. The number of nitrogens with one attached hydrogen (secondary N) is 2. The van der Waals surface area contributed by atoms with E-state index in [1.54, 1.807) is 13.1 Å². The van der Waals surface area contributed by atoms with Crippen LogP contribution >= 0.6 is 0 Å². The molecule has 28 heavy (non-hydrogen) atoms. The van der Waals surface area contributed by atoms with Crippen molar-refractivity contribution in [2.75, 3.05) is 17.2 Å². The minimum Gasteiger partial charge on any atom is -0.370 e. The summed E-state index contributed by atoms with van der Waals surface area (Å²) < 4.78 is 43.2. The molecule has 1 aliphatic heterocycles. The zero-order valence-electron chi connectivity index (χ0n) is 15.3. The number of aryl methyl sites for hydroxylation is 1. The van der Waals surface area contributed by atoms with E-state index in [4.69, 9.17) is 0 Å². The first-order chi connectivity index (χ1) is 13.3. The van der Waals surface area contributed by atoms with Crippen molar-refractivity contribution in [1.82, 2.24) is 29.3 Å². The van der Waals surface area contributed by atoms with Gasteiger partial charge in [0.25, 0.3) is 0 Å². The standard InChI is InChI=1S/C17H19F3N8/c1-3-21-15-12(17(18,19)20)7-23-16(25-15)24-13-9-28(26-10(13)2)11-6-14-22-4-5-27(14)8-11/h4-5,7,9,11H,3,6,8H2,1-2H3,(H2,21,23,24,25)/t11-/m0/s1. The van der Waals surface area contributed by atoms with Gasteiger partial charge >= 0.3 is 6.18 Å². The Morgan fingerprint density at radius 2 is 2.11 bits per heavy atom. The summed E-state index contributed by atoms with van der Waals surface area (Å²) >= 11 is 0. The van der Waals surface area contributed by atoms with E-state index in [1.807, 2.05) is 24.0 Å². The van der Waals surface area contributed by atoms with Crippen LogP contribution in [0.5, 0.6) is 0 Å². The number of halogens is 3. The highest BCUT2D eigenvalue weighted by atomic mass is 19.4. The first-order valence-electron chi connectivity index (χ1n) is 8.86. The second-order valence-corrected chi connectivity index (χ2v) is 6.57. The van der Waals surface area contributed by atoms with E-state index in [2.05, 4.69) is 35.3 Å². The monoisotopic (exact) mass is 392 g/mol. The predicted molar refractivity (Wildman–Crippen MR) is 96.4 cm³/mol. The van der Waals surface area contributed by atoms with Crippen molar-refractivity contribution >= 4 is 17.5 Å². The lowest BCUT2D eigenvalue weighted by molar-refractivity contribution is -0.137. The van der Waals surface area contributed by atoms with E-state index in [0.29, 0.717) is 17.9 Å². The molecule has 1 aliphatic rings. The molecule has 8 nitrogen and oxygen atoms in total. The maximum absolute atomic E-state index is 13.1. The van der Waals surface area contributed by atoms with Crippen LogP contribution in [-0.2, 0) is 19.1 Å². The number of rotatable bonds is 5. The van der Waals surface area contributed by atoms with Crippen LogP contribution in [0.3, 0.4) is 0 Å². The zero-order chi connectivity index (χ0) is 19.9. The Morgan fingerprint density at radius 3 is 2.82 bits per heavy atom. The van der Waals surface area contributed by atoms with Crippen LogP contribution in [0.2, 0.25) is 0 Å². The number of anilines is 3. The van der Waals surface area contributed by atoms with Crippen molar-refractivity contribution in [3.05, 3.63) is 41.9 Å². The van der Waals surface area contributed by atoms with Gasteiger partial charge in [-0.2, -0.15) is 23.3 Å². The molecule has 0 radical (unpaired) electrons. The van der Waals surface area contributed by atoms with Crippen molar-refractivity contribution in [1.29, 1.82) is 0 Å². The van der Waals surface area contributed by atoms with Crippen molar-refractivity contribution in [3.8, 4) is 0 Å². The summed E-state index contributed by atoms with van der Waals surface area (Å²) in [5, 5.41) is 10.1. The summed E-state index contributed by atoms with van der Waals surface area (Å²) in [6.07, 6.45) is 2.56. The molecular formula is C17H19F3N8. The molecule has 0 saturated carbocycles. The SMILES string of the molecule is CCNc1nc(Nc2cn([C@H]3Cc4nccn4C3)nc2C)ncc1C(F)(F)F. The molecule has 148 valence electrons. The minimum atomic E-state index is -4.52. The first kappa shape index (κ1) is 18.3. The highest BCUT2D eigenvalue weighted by molar-refractivity contribution is 5.58. The van der Waals surface area contributed by atoms with Crippen LogP contribution in [0, 0.1) is 6.92 Å².